The highest BCUT2D eigenvalue weighted by molar-refractivity contribution is 6.04. The van der Waals surface area contributed by atoms with Crippen molar-refractivity contribution < 1.29 is 23.5 Å². The molecule has 0 spiro atoms. The molecule has 2 aliphatic heterocycles. The van der Waals surface area contributed by atoms with Crippen molar-refractivity contribution >= 4 is 17.5 Å². The summed E-state index contributed by atoms with van der Waals surface area (Å²) in [5.41, 5.74) is 3.89. The molecule has 0 saturated carbocycles. The van der Waals surface area contributed by atoms with Crippen molar-refractivity contribution in [3.05, 3.63) is 88.2 Å². The van der Waals surface area contributed by atoms with Crippen LogP contribution in [0.4, 0.5) is 10.1 Å². The number of halogens is 1. The number of carbonyl (C=O) groups excluding carboxylic acids is 2. The number of hydrogen-bond donors (Lipinski definition) is 1. The monoisotopic (exact) mass is 460 g/mol. The lowest BCUT2D eigenvalue weighted by molar-refractivity contribution is -0.119. The Labute approximate surface area is 197 Å². The summed E-state index contributed by atoms with van der Waals surface area (Å²) in [6.07, 6.45) is 0.637. The van der Waals surface area contributed by atoms with E-state index in [1.54, 1.807) is 50.3 Å². The molecule has 3 aromatic carbocycles. The third kappa shape index (κ3) is 3.48. The van der Waals surface area contributed by atoms with E-state index in [0.29, 0.717) is 46.8 Å². The molecule has 0 unspecified atom stereocenters. The molecular formula is C27H25FN2O4. The minimum Gasteiger partial charge on any atom is -0.493 e. The number of aryl methyl sites for hydroxylation is 1. The number of fused-ring (bicyclic) bond motifs is 4. The largest absolute Gasteiger partial charge is 0.493 e. The zero-order valence-electron chi connectivity index (χ0n) is 19.2. The third-order valence-electron chi connectivity index (χ3n) is 6.75. The van der Waals surface area contributed by atoms with Gasteiger partial charge in [-0.05, 0) is 65.9 Å². The smallest absolute Gasteiger partial charge is 0.254 e. The number of methoxy groups -OCH3 is 2. The Bertz CT molecular complexity index is 1310. The molecular weight excluding hydrogens is 435 g/mol. The molecule has 1 N–H and O–H groups in total. The van der Waals surface area contributed by atoms with E-state index < -0.39 is 17.8 Å². The number of hydrogen-bond acceptors (Lipinski definition) is 4. The van der Waals surface area contributed by atoms with Crippen LogP contribution in [-0.4, -0.2) is 37.5 Å². The minimum atomic E-state index is -0.685. The number of nitrogens with one attached hydrogen (secondary N) is 1. The van der Waals surface area contributed by atoms with Crippen LogP contribution < -0.4 is 14.8 Å². The van der Waals surface area contributed by atoms with Crippen molar-refractivity contribution in [2.24, 2.45) is 0 Å². The van der Waals surface area contributed by atoms with E-state index in [-0.39, 0.29) is 11.8 Å². The molecule has 3 aromatic rings. The Balaban J connectivity index is 1.64. The molecule has 7 heteroatoms. The van der Waals surface area contributed by atoms with Crippen molar-refractivity contribution in [2.75, 3.05) is 26.1 Å². The average Bonchev–Trinajstić information content (AvgIpc) is 2.85. The molecule has 0 aromatic heterocycles. The van der Waals surface area contributed by atoms with Crippen LogP contribution in [-0.2, 0) is 11.2 Å². The fraction of sp³-hybridized carbons (Fsp3) is 0.259. The second-order valence-corrected chi connectivity index (χ2v) is 8.62. The van der Waals surface area contributed by atoms with Gasteiger partial charge in [0.1, 0.15) is 5.82 Å². The summed E-state index contributed by atoms with van der Waals surface area (Å²) in [6, 6.07) is 15.1. The molecule has 2 aliphatic rings. The summed E-state index contributed by atoms with van der Waals surface area (Å²) in [4.78, 5) is 28.9. The number of nitrogens with zero attached hydrogens (tertiary/aromatic N) is 1. The lowest BCUT2D eigenvalue weighted by Gasteiger charge is -2.45. The van der Waals surface area contributed by atoms with Crippen molar-refractivity contribution in [1.82, 2.24) is 4.90 Å². The van der Waals surface area contributed by atoms with Gasteiger partial charge in [-0.15, -0.1) is 0 Å². The fourth-order valence-electron chi connectivity index (χ4n) is 5.03. The quantitative estimate of drug-likeness (QED) is 0.617. The molecule has 174 valence electrons. The first kappa shape index (κ1) is 21.9. The molecule has 0 bridgehead atoms. The number of benzene rings is 3. The Morgan fingerprint density at radius 1 is 1.03 bits per heavy atom. The standard InChI is InChI=1S/C27H25FN2O4/c1-15-8-9-17(13-21(15)28)29-26(31)24-18-6-4-5-7-19(18)27(32)30-11-10-16-12-22(33-2)23(34-3)14-20(16)25(24)30/h4-9,12-14,24-25H,10-11H2,1-3H3,(H,29,31)/t24-,25-/m1/s1. The summed E-state index contributed by atoms with van der Waals surface area (Å²) >= 11 is 0. The van der Waals surface area contributed by atoms with E-state index in [1.165, 1.54) is 6.07 Å². The summed E-state index contributed by atoms with van der Waals surface area (Å²) in [5.74, 6) is -0.344. The first-order chi connectivity index (χ1) is 16.4. The van der Waals surface area contributed by atoms with Gasteiger partial charge in [0.2, 0.25) is 5.91 Å². The van der Waals surface area contributed by atoms with Gasteiger partial charge >= 0.3 is 0 Å². The van der Waals surface area contributed by atoms with Gasteiger partial charge in [0.15, 0.2) is 11.5 Å². The zero-order chi connectivity index (χ0) is 24.0. The highest BCUT2D eigenvalue weighted by atomic mass is 19.1. The van der Waals surface area contributed by atoms with E-state index in [4.69, 9.17) is 9.47 Å². The van der Waals surface area contributed by atoms with Gasteiger partial charge in [-0.2, -0.15) is 0 Å². The van der Waals surface area contributed by atoms with Gasteiger partial charge in [-0.1, -0.05) is 24.3 Å². The van der Waals surface area contributed by atoms with Crippen LogP contribution in [0.15, 0.2) is 54.6 Å². The van der Waals surface area contributed by atoms with Gasteiger partial charge in [0, 0.05) is 17.8 Å². The van der Waals surface area contributed by atoms with E-state index >= 15 is 0 Å². The van der Waals surface area contributed by atoms with Crippen LogP contribution in [0.2, 0.25) is 0 Å². The molecule has 34 heavy (non-hydrogen) atoms. The molecule has 0 fully saturated rings. The number of anilines is 1. The van der Waals surface area contributed by atoms with E-state index in [9.17, 15) is 14.0 Å². The van der Waals surface area contributed by atoms with Gasteiger partial charge in [-0.25, -0.2) is 4.39 Å². The summed E-state index contributed by atoms with van der Waals surface area (Å²) < 4.78 is 25.1. The molecule has 6 nitrogen and oxygen atoms in total. The summed E-state index contributed by atoms with van der Waals surface area (Å²) in [7, 11) is 3.14. The van der Waals surface area contributed by atoms with Gasteiger partial charge in [0.05, 0.1) is 26.2 Å². The molecule has 2 amide bonds. The predicted octanol–water partition coefficient (Wildman–Crippen LogP) is 4.63. The molecule has 0 radical (unpaired) electrons. The van der Waals surface area contributed by atoms with Crippen LogP contribution in [0.5, 0.6) is 11.5 Å². The topological polar surface area (TPSA) is 67.9 Å². The van der Waals surface area contributed by atoms with Crippen LogP contribution >= 0.6 is 0 Å². The van der Waals surface area contributed by atoms with Crippen molar-refractivity contribution in [3.8, 4) is 11.5 Å². The normalized spacial score (nSPS) is 18.5. The summed E-state index contributed by atoms with van der Waals surface area (Å²) in [5, 5.41) is 2.88. The maximum Gasteiger partial charge on any atom is 0.254 e. The molecule has 0 aliphatic carbocycles. The lowest BCUT2D eigenvalue weighted by atomic mass is 9.75. The fourth-order valence-corrected chi connectivity index (χ4v) is 5.03. The van der Waals surface area contributed by atoms with Crippen molar-refractivity contribution in [1.29, 1.82) is 0 Å². The Kier molecular flexibility index (Phi) is 5.48. The first-order valence-corrected chi connectivity index (χ1v) is 11.1. The first-order valence-electron chi connectivity index (χ1n) is 11.1. The van der Waals surface area contributed by atoms with Crippen LogP contribution in [0.1, 0.15) is 44.6 Å². The average molecular weight is 461 g/mol. The number of amides is 2. The van der Waals surface area contributed by atoms with Gasteiger partial charge in [-0.3, -0.25) is 9.59 Å². The van der Waals surface area contributed by atoms with Crippen molar-refractivity contribution in [3.63, 3.8) is 0 Å². The highest BCUT2D eigenvalue weighted by Gasteiger charge is 2.46. The van der Waals surface area contributed by atoms with Crippen LogP contribution in [0, 0.1) is 12.7 Å². The third-order valence-corrected chi connectivity index (χ3v) is 6.75. The Morgan fingerprint density at radius 2 is 1.76 bits per heavy atom. The molecule has 5 rings (SSSR count). The Morgan fingerprint density at radius 3 is 2.50 bits per heavy atom. The second-order valence-electron chi connectivity index (χ2n) is 8.62. The number of carbonyl (C=O) groups is 2. The molecule has 2 atom stereocenters. The van der Waals surface area contributed by atoms with Gasteiger partial charge < -0.3 is 19.7 Å². The highest BCUT2D eigenvalue weighted by Crippen LogP contribution is 2.48. The van der Waals surface area contributed by atoms with E-state index in [0.717, 1.165) is 11.1 Å². The van der Waals surface area contributed by atoms with Crippen LogP contribution in [0.25, 0.3) is 0 Å². The minimum absolute atomic E-state index is 0.105. The van der Waals surface area contributed by atoms with Crippen LogP contribution in [0.3, 0.4) is 0 Å². The maximum absolute atomic E-state index is 14.2. The predicted molar refractivity (Wildman–Crippen MR) is 126 cm³/mol. The SMILES string of the molecule is COc1cc2c(cc1OC)[C@@H]1[C@H](C(=O)Nc3ccc(C)c(F)c3)c3ccccc3C(=O)N1CC2. The Hall–Kier alpha value is -3.87. The number of ether oxygens (including phenoxy) is 2. The molecule has 0 saturated heterocycles. The lowest BCUT2D eigenvalue weighted by Crippen LogP contribution is -2.49. The maximum atomic E-state index is 14.2. The summed E-state index contributed by atoms with van der Waals surface area (Å²) in [6.45, 7) is 2.14. The molecule has 2 heterocycles. The zero-order valence-corrected chi connectivity index (χ0v) is 19.2. The van der Waals surface area contributed by atoms with Crippen molar-refractivity contribution in [2.45, 2.75) is 25.3 Å². The number of rotatable bonds is 4. The van der Waals surface area contributed by atoms with E-state index in [1.807, 2.05) is 24.3 Å². The van der Waals surface area contributed by atoms with E-state index in [2.05, 4.69) is 5.32 Å². The second kappa shape index (κ2) is 8.48. The van der Waals surface area contributed by atoms with Gasteiger partial charge in [0.25, 0.3) is 5.91 Å².